The summed E-state index contributed by atoms with van der Waals surface area (Å²) in [5, 5.41) is 3.95. The quantitative estimate of drug-likeness (QED) is 0.857. The van der Waals surface area contributed by atoms with Gasteiger partial charge in [-0.2, -0.15) is 16.7 Å². The van der Waals surface area contributed by atoms with Crippen LogP contribution in [0.4, 0.5) is 0 Å². The standard InChI is InChI=1S/C12H16N4OS/c1-18-7-4-10(13)12-15-11(16-17-12)8-9-2-5-14-6-3-9/h2-3,5-6,10H,4,7-8,13H2,1H3/t10-/m0/s1. The maximum absolute atomic E-state index is 5.97. The minimum absolute atomic E-state index is 0.170. The molecular weight excluding hydrogens is 248 g/mol. The molecule has 0 aliphatic rings. The Bertz CT molecular complexity index is 474. The van der Waals surface area contributed by atoms with Crippen molar-refractivity contribution in [1.82, 2.24) is 15.1 Å². The monoisotopic (exact) mass is 264 g/mol. The van der Waals surface area contributed by atoms with Gasteiger partial charge in [-0.1, -0.05) is 5.16 Å². The minimum Gasteiger partial charge on any atom is -0.338 e. The van der Waals surface area contributed by atoms with Crippen LogP contribution >= 0.6 is 11.8 Å². The van der Waals surface area contributed by atoms with Gasteiger partial charge in [0, 0.05) is 18.8 Å². The summed E-state index contributed by atoms with van der Waals surface area (Å²) in [5.41, 5.74) is 7.07. The molecule has 2 aromatic heterocycles. The Balaban J connectivity index is 1.98. The van der Waals surface area contributed by atoms with Crippen molar-refractivity contribution >= 4 is 11.8 Å². The number of aromatic nitrogens is 3. The van der Waals surface area contributed by atoms with E-state index in [4.69, 9.17) is 10.3 Å². The van der Waals surface area contributed by atoms with Gasteiger partial charge in [0.05, 0.1) is 6.04 Å². The van der Waals surface area contributed by atoms with E-state index in [-0.39, 0.29) is 6.04 Å². The Morgan fingerprint density at radius 3 is 2.89 bits per heavy atom. The fourth-order valence-corrected chi connectivity index (χ4v) is 2.03. The highest BCUT2D eigenvalue weighted by Gasteiger charge is 2.14. The fraction of sp³-hybridized carbons (Fsp3) is 0.417. The van der Waals surface area contributed by atoms with Crippen molar-refractivity contribution in [3.63, 3.8) is 0 Å². The maximum Gasteiger partial charge on any atom is 0.243 e. The second-order valence-electron chi connectivity index (χ2n) is 3.97. The lowest BCUT2D eigenvalue weighted by Gasteiger charge is -2.03. The van der Waals surface area contributed by atoms with E-state index < -0.39 is 0 Å². The summed E-state index contributed by atoms with van der Waals surface area (Å²) in [6, 6.07) is 3.70. The largest absolute Gasteiger partial charge is 0.338 e. The topological polar surface area (TPSA) is 77.8 Å². The Morgan fingerprint density at radius 2 is 2.17 bits per heavy atom. The van der Waals surface area contributed by atoms with Crippen LogP contribution in [0.2, 0.25) is 0 Å². The fourth-order valence-electron chi connectivity index (χ4n) is 1.54. The van der Waals surface area contributed by atoms with E-state index >= 15 is 0 Å². The average molecular weight is 264 g/mol. The number of thioether (sulfide) groups is 1. The van der Waals surface area contributed by atoms with Crippen LogP contribution in [0.1, 0.15) is 29.7 Å². The molecule has 96 valence electrons. The van der Waals surface area contributed by atoms with Crippen molar-refractivity contribution in [1.29, 1.82) is 0 Å². The lowest BCUT2D eigenvalue weighted by Crippen LogP contribution is -2.11. The number of hydrogen-bond acceptors (Lipinski definition) is 6. The minimum atomic E-state index is -0.170. The number of hydrogen-bond donors (Lipinski definition) is 1. The molecule has 0 aliphatic heterocycles. The molecule has 0 radical (unpaired) electrons. The molecule has 18 heavy (non-hydrogen) atoms. The zero-order valence-electron chi connectivity index (χ0n) is 10.2. The van der Waals surface area contributed by atoms with Gasteiger partial charge in [-0.3, -0.25) is 4.98 Å². The van der Waals surface area contributed by atoms with Gasteiger partial charge in [0.15, 0.2) is 5.82 Å². The summed E-state index contributed by atoms with van der Waals surface area (Å²) in [4.78, 5) is 8.29. The first-order valence-electron chi connectivity index (χ1n) is 5.75. The molecule has 2 heterocycles. The van der Waals surface area contributed by atoms with Crippen LogP contribution in [0.25, 0.3) is 0 Å². The Labute approximate surface area is 110 Å². The molecule has 0 aromatic carbocycles. The average Bonchev–Trinajstić information content (AvgIpc) is 2.86. The van der Waals surface area contributed by atoms with Crippen LogP contribution in [-0.2, 0) is 6.42 Å². The van der Waals surface area contributed by atoms with Gasteiger partial charge >= 0.3 is 0 Å². The Kier molecular flexibility index (Phi) is 4.72. The molecular formula is C12H16N4OS. The molecule has 2 N–H and O–H groups in total. The third kappa shape index (κ3) is 3.54. The van der Waals surface area contributed by atoms with Gasteiger partial charge in [-0.15, -0.1) is 0 Å². The van der Waals surface area contributed by atoms with E-state index in [9.17, 15) is 0 Å². The predicted molar refractivity (Wildman–Crippen MR) is 71.3 cm³/mol. The first-order chi connectivity index (χ1) is 8.79. The van der Waals surface area contributed by atoms with Crippen LogP contribution in [0, 0.1) is 0 Å². The normalized spacial score (nSPS) is 12.6. The van der Waals surface area contributed by atoms with Crippen molar-refractivity contribution in [2.24, 2.45) is 5.73 Å². The lowest BCUT2D eigenvalue weighted by atomic mass is 10.2. The van der Waals surface area contributed by atoms with E-state index in [0.29, 0.717) is 18.1 Å². The van der Waals surface area contributed by atoms with E-state index in [2.05, 4.69) is 21.4 Å². The van der Waals surface area contributed by atoms with Crippen LogP contribution in [0.15, 0.2) is 29.0 Å². The number of rotatable bonds is 6. The molecule has 0 fully saturated rings. The summed E-state index contributed by atoms with van der Waals surface area (Å²) >= 11 is 1.76. The maximum atomic E-state index is 5.97. The molecule has 2 aromatic rings. The van der Waals surface area contributed by atoms with Crippen molar-refractivity contribution < 1.29 is 4.52 Å². The van der Waals surface area contributed by atoms with Gasteiger partial charge in [0.2, 0.25) is 5.89 Å². The highest BCUT2D eigenvalue weighted by molar-refractivity contribution is 7.98. The third-order valence-electron chi connectivity index (χ3n) is 2.55. The molecule has 0 bridgehead atoms. The van der Waals surface area contributed by atoms with Crippen LogP contribution in [0.5, 0.6) is 0 Å². The molecule has 0 unspecified atom stereocenters. The second kappa shape index (κ2) is 6.51. The van der Waals surface area contributed by atoms with Crippen molar-refractivity contribution in [2.45, 2.75) is 18.9 Å². The molecule has 0 spiro atoms. The Hall–Kier alpha value is -1.40. The summed E-state index contributed by atoms with van der Waals surface area (Å²) in [6.45, 7) is 0. The number of nitrogens with two attached hydrogens (primary N) is 1. The third-order valence-corrected chi connectivity index (χ3v) is 3.19. The number of nitrogens with zero attached hydrogens (tertiary/aromatic N) is 3. The molecule has 0 amide bonds. The first kappa shape index (κ1) is 13.0. The zero-order chi connectivity index (χ0) is 12.8. The zero-order valence-corrected chi connectivity index (χ0v) is 11.1. The summed E-state index contributed by atoms with van der Waals surface area (Å²) in [7, 11) is 0. The first-order valence-corrected chi connectivity index (χ1v) is 7.15. The molecule has 0 saturated carbocycles. The molecule has 0 saturated heterocycles. The predicted octanol–water partition coefficient (Wildman–Crippen LogP) is 1.81. The van der Waals surface area contributed by atoms with E-state index in [1.54, 1.807) is 24.2 Å². The molecule has 0 aliphatic carbocycles. The molecule has 1 atom stereocenters. The second-order valence-corrected chi connectivity index (χ2v) is 4.95. The molecule has 2 rings (SSSR count). The highest BCUT2D eigenvalue weighted by Crippen LogP contribution is 2.15. The molecule has 5 nitrogen and oxygen atoms in total. The van der Waals surface area contributed by atoms with Crippen LogP contribution in [-0.4, -0.2) is 27.1 Å². The van der Waals surface area contributed by atoms with Crippen molar-refractivity contribution in [2.75, 3.05) is 12.0 Å². The van der Waals surface area contributed by atoms with Crippen molar-refractivity contribution in [3.05, 3.63) is 41.8 Å². The lowest BCUT2D eigenvalue weighted by molar-refractivity contribution is 0.349. The van der Waals surface area contributed by atoms with Gasteiger partial charge in [0.1, 0.15) is 0 Å². The number of pyridine rings is 1. The Morgan fingerprint density at radius 1 is 1.39 bits per heavy atom. The van der Waals surface area contributed by atoms with Gasteiger partial charge in [-0.05, 0) is 36.1 Å². The SMILES string of the molecule is CSCC[C@H](N)c1nc(Cc2ccncc2)no1. The van der Waals surface area contributed by atoms with Gasteiger partial charge in [-0.25, -0.2) is 0 Å². The molecule has 6 heteroatoms. The van der Waals surface area contributed by atoms with Crippen LogP contribution < -0.4 is 5.73 Å². The van der Waals surface area contributed by atoms with Crippen molar-refractivity contribution in [3.8, 4) is 0 Å². The van der Waals surface area contributed by atoms with E-state index in [1.807, 2.05) is 12.1 Å². The van der Waals surface area contributed by atoms with E-state index in [1.165, 1.54) is 0 Å². The summed E-state index contributed by atoms with van der Waals surface area (Å²) < 4.78 is 5.18. The van der Waals surface area contributed by atoms with E-state index in [0.717, 1.165) is 17.7 Å². The summed E-state index contributed by atoms with van der Waals surface area (Å²) in [5.74, 6) is 2.17. The van der Waals surface area contributed by atoms with Gasteiger partial charge in [0.25, 0.3) is 0 Å². The smallest absolute Gasteiger partial charge is 0.243 e. The van der Waals surface area contributed by atoms with Gasteiger partial charge < -0.3 is 10.3 Å². The highest BCUT2D eigenvalue weighted by atomic mass is 32.2. The summed E-state index contributed by atoms with van der Waals surface area (Å²) in [6.07, 6.45) is 7.04. The van der Waals surface area contributed by atoms with Crippen LogP contribution in [0.3, 0.4) is 0 Å².